The van der Waals surface area contributed by atoms with E-state index in [1.165, 1.54) is 22.3 Å². The monoisotopic (exact) mass is 616 g/mol. The molecular formula is C25H27Cl3N3Nd. The fourth-order valence-electron chi connectivity index (χ4n) is 3.25. The number of aliphatic imine (C=N–C) groups is 2. The van der Waals surface area contributed by atoms with Gasteiger partial charge in [0, 0.05) is 0 Å². The molecule has 1 aromatic heterocycles. The molecule has 7 heteroatoms. The molecule has 0 aliphatic carbocycles. The van der Waals surface area contributed by atoms with E-state index in [9.17, 15) is 0 Å². The molecular weight excluding hydrogens is 593 g/mol. The van der Waals surface area contributed by atoms with Crippen molar-refractivity contribution in [1.82, 2.24) is 4.98 Å². The van der Waals surface area contributed by atoms with Crippen LogP contribution in [-0.4, -0.2) is 16.4 Å². The number of pyridine rings is 1. The Bertz CT molecular complexity index is 972. The van der Waals surface area contributed by atoms with Crippen LogP contribution < -0.4 is 37.2 Å². The van der Waals surface area contributed by atoms with Gasteiger partial charge in [-0.3, -0.25) is 9.98 Å². The number of rotatable bonds is 4. The zero-order chi connectivity index (χ0) is 20.3. The molecule has 0 saturated heterocycles. The van der Waals surface area contributed by atoms with Crippen LogP contribution in [0.3, 0.4) is 0 Å². The number of para-hydroxylation sites is 2. The molecule has 0 fully saturated rings. The van der Waals surface area contributed by atoms with E-state index in [2.05, 4.69) is 64.1 Å². The topological polar surface area (TPSA) is 37.6 Å². The van der Waals surface area contributed by atoms with Crippen LogP contribution in [-0.2, 0) is 0 Å². The summed E-state index contributed by atoms with van der Waals surface area (Å²) in [5.41, 5.74) is 10.3. The van der Waals surface area contributed by atoms with E-state index in [1.807, 2.05) is 32.0 Å². The van der Waals surface area contributed by atoms with Crippen molar-refractivity contribution in [2.75, 3.05) is 0 Å². The summed E-state index contributed by atoms with van der Waals surface area (Å²) < 4.78 is 0. The number of aryl methyl sites for hydroxylation is 4. The Morgan fingerprint density at radius 2 is 0.844 bits per heavy atom. The molecule has 3 aromatic rings. The number of nitrogens with zero attached hydrogens (tertiary/aromatic N) is 3. The molecule has 3 rings (SSSR count). The quantitative estimate of drug-likeness (QED) is 0.301. The van der Waals surface area contributed by atoms with E-state index in [-0.39, 0.29) is 78.1 Å². The van der Waals surface area contributed by atoms with Crippen LogP contribution in [0.4, 0.5) is 11.4 Å². The van der Waals surface area contributed by atoms with Crippen LogP contribution in [0.15, 0.2) is 64.6 Å². The normalized spacial score (nSPS) is 10.8. The second kappa shape index (κ2) is 15.1. The van der Waals surface area contributed by atoms with E-state index >= 15 is 0 Å². The zero-order valence-corrected chi connectivity index (χ0v) is 24.6. The largest absolute Gasteiger partial charge is 3.00 e. The second-order valence-electron chi connectivity index (χ2n) is 7.28. The molecule has 0 unspecified atom stereocenters. The minimum absolute atomic E-state index is 0. The molecule has 0 amide bonds. The van der Waals surface area contributed by atoms with E-state index in [4.69, 9.17) is 15.0 Å². The van der Waals surface area contributed by atoms with Crippen molar-refractivity contribution >= 4 is 22.8 Å². The van der Waals surface area contributed by atoms with Crippen molar-refractivity contribution in [3.63, 3.8) is 0 Å². The molecule has 167 valence electrons. The van der Waals surface area contributed by atoms with Gasteiger partial charge in [0.1, 0.15) is 0 Å². The maximum atomic E-state index is 4.86. The Morgan fingerprint density at radius 3 is 1.16 bits per heavy atom. The van der Waals surface area contributed by atoms with Crippen molar-refractivity contribution in [3.05, 3.63) is 88.2 Å². The summed E-state index contributed by atoms with van der Waals surface area (Å²) in [6.07, 6.45) is 0. The second-order valence-corrected chi connectivity index (χ2v) is 7.28. The van der Waals surface area contributed by atoms with Crippen LogP contribution in [0, 0.1) is 68.5 Å². The summed E-state index contributed by atoms with van der Waals surface area (Å²) in [5.74, 6) is 0. The average Bonchev–Trinajstić information content (AvgIpc) is 2.67. The van der Waals surface area contributed by atoms with Crippen molar-refractivity contribution < 1.29 is 78.1 Å². The van der Waals surface area contributed by atoms with Crippen LogP contribution >= 0.6 is 0 Å². The van der Waals surface area contributed by atoms with E-state index in [0.717, 1.165) is 34.2 Å². The van der Waals surface area contributed by atoms with Crippen LogP contribution in [0.1, 0.15) is 47.5 Å². The van der Waals surface area contributed by atoms with Gasteiger partial charge < -0.3 is 37.2 Å². The molecule has 0 N–H and O–H groups in total. The third-order valence-electron chi connectivity index (χ3n) is 4.93. The molecule has 0 aliphatic rings. The van der Waals surface area contributed by atoms with Crippen molar-refractivity contribution in [3.8, 4) is 0 Å². The predicted octanol–water partition coefficient (Wildman–Crippen LogP) is -2.39. The number of hydrogen-bond acceptors (Lipinski definition) is 3. The van der Waals surface area contributed by atoms with Crippen molar-refractivity contribution in [1.29, 1.82) is 0 Å². The fourth-order valence-corrected chi connectivity index (χ4v) is 3.25. The van der Waals surface area contributed by atoms with E-state index in [1.54, 1.807) is 0 Å². The SMILES string of the molecule is CC(=Nc1c(C)cccc1C)c1cccc(C(C)=Nc2c(C)cccc2C)n1.[Cl-].[Cl-].[Cl-].[Nd+3]. The number of halogens is 3. The first-order chi connectivity index (χ1) is 13.4. The summed E-state index contributed by atoms with van der Waals surface area (Å²) in [6, 6.07) is 18.5. The molecule has 0 aliphatic heterocycles. The maximum absolute atomic E-state index is 4.86. The molecule has 1 radical (unpaired) electrons. The van der Waals surface area contributed by atoms with E-state index < -0.39 is 0 Å². The molecule has 0 spiro atoms. The summed E-state index contributed by atoms with van der Waals surface area (Å²) in [7, 11) is 0. The van der Waals surface area contributed by atoms with Crippen molar-refractivity contribution in [2.24, 2.45) is 9.98 Å². The van der Waals surface area contributed by atoms with Gasteiger partial charge in [0.05, 0.1) is 34.2 Å². The first-order valence-electron chi connectivity index (χ1n) is 9.57. The third-order valence-corrected chi connectivity index (χ3v) is 4.93. The Kier molecular flexibility index (Phi) is 15.8. The predicted molar refractivity (Wildman–Crippen MR) is 120 cm³/mol. The molecule has 32 heavy (non-hydrogen) atoms. The maximum Gasteiger partial charge on any atom is 3.00 e. The first kappa shape index (κ1) is 33.3. The van der Waals surface area contributed by atoms with Crippen LogP contribution in [0.5, 0.6) is 0 Å². The summed E-state index contributed by atoms with van der Waals surface area (Å²) in [5, 5.41) is 0. The smallest absolute Gasteiger partial charge is 1.00 e. The van der Waals surface area contributed by atoms with Gasteiger partial charge in [0.25, 0.3) is 0 Å². The summed E-state index contributed by atoms with van der Waals surface area (Å²) in [6.45, 7) is 12.4. The molecule has 0 saturated carbocycles. The van der Waals surface area contributed by atoms with Gasteiger partial charge in [0.2, 0.25) is 0 Å². The molecule has 0 atom stereocenters. The zero-order valence-electron chi connectivity index (χ0n) is 19.2. The fraction of sp³-hybridized carbons (Fsp3) is 0.240. The van der Waals surface area contributed by atoms with Crippen LogP contribution in [0.25, 0.3) is 0 Å². The van der Waals surface area contributed by atoms with Gasteiger partial charge in [-0.15, -0.1) is 0 Å². The number of hydrogen-bond donors (Lipinski definition) is 0. The van der Waals surface area contributed by atoms with Gasteiger partial charge in [-0.2, -0.15) is 0 Å². The Hall–Kier alpha value is -0.849. The standard InChI is InChI=1S/C25H27N3.3ClH.Nd/c1-16-10-7-11-17(2)24(16)26-20(5)22-14-9-15-23(28-22)21(6)27-25-18(3)12-8-13-19(25)4;;;;/h7-15H,1-6H3;3*1H;/q;;;;+3/p-3. The van der Waals surface area contributed by atoms with Gasteiger partial charge in [-0.1, -0.05) is 42.5 Å². The van der Waals surface area contributed by atoms with E-state index in [0.29, 0.717) is 0 Å². The summed E-state index contributed by atoms with van der Waals surface area (Å²) >= 11 is 0. The van der Waals surface area contributed by atoms with Gasteiger partial charge in [-0.05, 0) is 75.9 Å². The molecule has 0 bridgehead atoms. The third kappa shape index (κ3) is 8.18. The number of aromatic nitrogens is 1. The molecule has 2 aromatic carbocycles. The van der Waals surface area contributed by atoms with Gasteiger partial charge in [0.15, 0.2) is 0 Å². The first-order valence-corrected chi connectivity index (χ1v) is 9.57. The molecule has 1 heterocycles. The number of benzene rings is 2. The van der Waals surface area contributed by atoms with Gasteiger partial charge in [-0.25, -0.2) is 4.98 Å². The Balaban J connectivity index is 0. The van der Waals surface area contributed by atoms with Crippen LogP contribution in [0.2, 0.25) is 0 Å². The Morgan fingerprint density at radius 1 is 0.562 bits per heavy atom. The average molecular weight is 620 g/mol. The minimum Gasteiger partial charge on any atom is -1.00 e. The Labute approximate surface area is 243 Å². The molecule has 3 nitrogen and oxygen atoms in total. The van der Waals surface area contributed by atoms with Gasteiger partial charge >= 0.3 is 40.8 Å². The summed E-state index contributed by atoms with van der Waals surface area (Å²) in [4.78, 5) is 14.5. The van der Waals surface area contributed by atoms with Crippen molar-refractivity contribution in [2.45, 2.75) is 41.5 Å². The minimum atomic E-state index is 0.